The van der Waals surface area contributed by atoms with Crippen LogP contribution in [0.25, 0.3) is 0 Å². The molecule has 2 aromatic rings. The maximum absolute atomic E-state index is 13.6. The molecule has 0 saturated heterocycles. The van der Waals surface area contributed by atoms with Gasteiger partial charge < -0.3 is 5.73 Å². The highest BCUT2D eigenvalue weighted by molar-refractivity contribution is 9.10. The van der Waals surface area contributed by atoms with Gasteiger partial charge in [-0.05, 0) is 28.1 Å². The molecule has 0 amide bonds. The predicted octanol–water partition coefficient (Wildman–Crippen LogP) is 1.69. The molecular formula is C9H8BrFN4O2S. The molecule has 0 aliphatic rings. The highest BCUT2D eigenvalue weighted by Crippen LogP contribution is 2.27. The van der Waals surface area contributed by atoms with Crippen molar-refractivity contribution in [3.8, 4) is 0 Å². The van der Waals surface area contributed by atoms with Crippen LogP contribution in [0, 0.1) is 5.82 Å². The van der Waals surface area contributed by atoms with Crippen molar-refractivity contribution in [3.05, 3.63) is 34.8 Å². The van der Waals surface area contributed by atoms with Crippen LogP contribution in [0.4, 0.5) is 15.8 Å². The number of aromatic nitrogens is 2. The maximum atomic E-state index is 13.6. The van der Waals surface area contributed by atoms with Crippen molar-refractivity contribution in [1.29, 1.82) is 0 Å². The van der Waals surface area contributed by atoms with E-state index < -0.39 is 20.7 Å². The van der Waals surface area contributed by atoms with Crippen molar-refractivity contribution < 1.29 is 12.8 Å². The summed E-state index contributed by atoms with van der Waals surface area (Å²) in [6.07, 6.45) is 2.59. The summed E-state index contributed by atoms with van der Waals surface area (Å²) in [6, 6.07) is 2.04. The van der Waals surface area contributed by atoms with Crippen molar-refractivity contribution in [3.63, 3.8) is 0 Å². The van der Waals surface area contributed by atoms with E-state index in [4.69, 9.17) is 5.73 Å². The van der Waals surface area contributed by atoms with E-state index in [9.17, 15) is 12.8 Å². The lowest BCUT2D eigenvalue weighted by Crippen LogP contribution is -2.14. The Morgan fingerprint density at radius 2 is 2.17 bits per heavy atom. The molecule has 96 valence electrons. The zero-order valence-electron chi connectivity index (χ0n) is 8.81. The Balaban J connectivity index is 2.44. The van der Waals surface area contributed by atoms with E-state index in [2.05, 4.69) is 30.8 Å². The summed E-state index contributed by atoms with van der Waals surface area (Å²) in [6.45, 7) is 0. The number of nitrogens with zero attached hydrogens (tertiary/aromatic N) is 1. The van der Waals surface area contributed by atoms with Gasteiger partial charge in [-0.15, -0.1) is 0 Å². The van der Waals surface area contributed by atoms with E-state index in [1.807, 2.05) is 0 Å². The minimum atomic E-state index is -4.04. The molecule has 1 aromatic heterocycles. The second-order valence-electron chi connectivity index (χ2n) is 3.40. The molecule has 0 atom stereocenters. The number of rotatable bonds is 3. The molecule has 1 aromatic carbocycles. The number of hydrogen-bond donors (Lipinski definition) is 3. The van der Waals surface area contributed by atoms with Crippen molar-refractivity contribution in [2.45, 2.75) is 4.90 Å². The van der Waals surface area contributed by atoms with Crippen LogP contribution >= 0.6 is 15.9 Å². The third-order valence-corrected chi connectivity index (χ3v) is 4.17. The summed E-state index contributed by atoms with van der Waals surface area (Å²) in [5, 5.41) is 6.01. The molecule has 9 heteroatoms. The number of nitrogens with two attached hydrogens (primary N) is 1. The number of nitrogen functional groups attached to an aromatic ring is 1. The Morgan fingerprint density at radius 1 is 1.44 bits per heavy atom. The fraction of sp³-hybridized carbons (Fsp3) is 0. The highest BCUT2D eigenvalue weighted by atomic mass is 79.9. The number of nitrogens with one attached hydrogen (secondary N) is 2. The number of anilines is 2. The predicted molar refractivity (Wildman–Crippen MR) is 67.9 cm³/mol. The average Bonchev–Trinajstić information content (AvgIpc) is 2.75. The van der Waals surface area contributed by atoms with Gasteiger partial charge in [-0.1, -0.05) is 0 Å². The van der Waals surface area contributed by atoms with Gasteiger partial charge in [0.15, 0.2) is 0 Å². The van der Waals surface area contributed by atoms with Crippen molar-refractivity contribution in [2.75, 3.05) is 10.5 Å². The smallest absolute Gasteiger partial charge is 0.264 e. The molecule has 2 rings (SSSR count). The van der Waals surface area contributed by atoms with Gasteiger partial charge in [-0.2, -0.15) is 5.10 Å². The summed E-state index contributed by atoms with van der Waals surface area (Å²) < 4.78 is 39.9. The molecule has 0 radical (unpaired) electrons. The van der Waals surface area contributed by atoms with Crippen LogP contribution in [0.2, 0.25) is 0 Å². The summed E-state index contributed by atoms with van der Waals surface area (Å²) in [7, 11) is -4.04. The van der Waals surface area contributed by atoms with Crippen LogP contribution in [0.5, 0.6) is 0 Å². The maximum Gasteiger partial charge on any atom is 0.264 e. The Hall–Kier alpha value is -1.61. The van der Waals surface area contributed by atoms with Crippen molar-refractivity contribution in [1.82, 2.24) is 10.2 Å². The number of benzene rings is 1. The summed E-state index contributed by atoms with van der Waals surface area (Å²) in [5.74, 6) is -0.896. The van der Waals surface area contributed by atoms with Crippen LogP contribution in [0.15, 0.2) is 33.9 Å². The summed E-state index contributed by atoms with van der Waals surface area (Å²) >= 11 is 3.01. The van der Waals surface area contributed by atoms with E-state index in [0.29, 0.717) is 4.47 Å². The molecule has 18 heavy (non-hydrogen) atoms. The van der Waals surface area contributed by atoms with Crippen molar-refractivity contribution >= 4 is 37.3 Å². The number of sulfonamides is 1. The molecular weight excluding hydrogens is 327 g/mol. The fourth-order valence-electron chi connectivity index (χ4n) is 1.27. The van der Waals surface area contributed by atoms with Crippen LogP contribution < -0.4 is 10.5 Å². The van der Waals surface area contributed by atoms with Gasteiger partial charge in [0.2, 0.25) is 0 Å². The van der Waals surface area contributed by atoms with Crippen LogP contribution in [-0.4, -0.2) is 18.6 Å². The number of H-pyrrole nitrogens is 1. The first kappa shape index (κ1) is 12.8. The first-order valence-electron chi connectivity index (χ1n) is 4.66. The van der Waals surface area contributed by atoms with E-state index in [1.165, 1.54) is 12.4 Å². The van der Waals surface area contributed by atoms with Gasteiger partial charge in [0.25, 0.3) is 10.0 Å². The molecule has 0 aliphatic carbocycles. The Kier molecular flexibility index (Phi) is 3.26. The highest BCUT2D eigenvalue weighted by Gasteiger charge is 2.21. The average molecular weight is 335 g/mol. The van der Waals surface area contributed by atoms with Gasteiger partial charge in [-0.3, -0.25) is 9.82 Å². The molecule has 4 N–H and O–H groups in total. The molecule has 0 fully saturated rings. The van der Waals surface area contributed by atoms with E-state index in [0.717, 1.165) is 12.1 Å². The van der Waals surface area contributed by atoms with Crippen LogP contribution in [0.3, 0.4) is 0 Å². The topological polar surface area (TPSA) is 101 Å². The molecule has 0 unspecified atom stereocenters. The molecule has 0 spiro atoms. The Bertz CT molecular complexity index is 672. The lowest BCUT2D eigenvalue weighted by molar-refractivity contribution is 0.570. The lowest BCUT2D eigenvalue weighted by Gasteiger charge is -2.08. The number of aromatic amines is 1. The zero-order chi connectivity index (χ0) is 13.3. The third-order valence-electron chi connectivity index (χ3n) is 2.09. The van der Waals surface area contributed by atoms with Gasteiger partial charge >= 0.3 is 0 Å². The van der Waals surface area contributed by atoms with E-state index in [-0.39, 0.29) is 11.4 Å². The van der Waals surface area contributed by atoms with E-state index in [1.54, 1.807) is 0 Å². The largest absolute Gasteiger partial charge is 0.398 e. The number of halogens is 2. The third kappa shape index (κ3) is 2.46. The van der Waals surface area contributed by atoms with Crippen LogP contribution in [0.1, 0.15) is 0 Å². The standard InChI is InChI=1S/C9H8BrFN4O2S/c10-6-1-7(11)9(2-8(6)12)18(16,17)15-5-3-13-14-4-5/h1-4,15H,12H2,(H,13,14). The summed E-state index contributed by atoms with van der Waals surface area (Å²) in [5.41, 5.74) is 5.87. The zero-order valence-corrected chi connectivity index (χ0v) is 11.2. The molecule has 1 heterocycles. The van der Waals surface area contributed by atoms with Crippen LogP contribution in [-0.2, 0) is 10.0 Å². The van der Waals surface area contributed by atoms with Gasteiger partial charge in [0.1, 0.15) is 10.7 Å². The van der Waals surface area contributed by atoms with E-state index >= 15 is 0 Å². The minimum absolute atomic E-state index is 0.129. The number of hydrogen-bond acceptors (Lipinski definition) is 4. The van der Waals surface area contributed by atoms with Crippen molar-refractivity contribution in [2.24, 2.45) is 0 Å². The first-order valence-corrected chi connectivity index (χ1v) is 6.94. The molecule has 0 saturated carbocycles. The molecule has 0 aliphatic heterocycles. The minimum Gasteiger partial charge on any atom is -0.398 e. The molecule has 0 bridgehead atoms. The quantitative estimate of drug-likeness (QED) is 0.743. The van der Waals surface area contributed by atoms with Gasteiger partial charge in [0, 0.05) is 16.4 Å². The normalized spacial score (nSPS) is 11.4. The molecule has 6 nitrogen and oxygen atoms in total. The Labute approximate surface area is 111 Å². The lowest BCUT2D eigenvalue weighted by atomic mass is 10.3. The van der Waals surface area contributed by atoms with Gasteiger partial charge in [-0.25, -0.2) is 12.8 Å². The Morgan fingerprint density at radius 3 is 2.78 bits per heavy atom. The summed E-state index contributed by atoms with van der Waals surface area (Å²) in [4.78, 5) is -0.524. The SMILES string of the molecule is Nc1cc(S(=O)(=O)Nc2cn[nH]c2)c(F)cc1Br. The fourth-order valence-corrected chi connectivity index (χ4v) is 2.71. The second-order valence-corrected chi connectivity index (χ2v) is 5.90. The first-order chi connectivity index (χ1) is 8.40. The second kappa shape index (κ2) is 4.58. The van der Waals surface area contributed by atoms with Gasteiger partial charge in [0.05, 0.1) is 11.9 Å². The monoisotopic (exact) mass is 334 g/mol.